The third-order valence-corrected chi connectivity index (χ3v) is 2.48. The number of halogens is 2. The molecule has 2 rings (SSSR count). The predicted octanol–water partition coefficient (Wildman–Crippen LogP) is 1.48. The van der Waals surface area contributed by atoms with Crippen molar-refractivity contribution in [2.45, 2.75) is 6.54 Å². The Kier molecular flexibility index (Phi) is 3.14. The molecule has 1 aromatic carbocycles. The van der Waals surface area contributed by atoms with Crippen LogP contribution in [0.3, 0.4) is 0 Å². The van der Waals surface area contributed by atoms with Crippen LogP contribution in [-0.2, 0) is 13.6 Å². The van der Waals surface area contributed by atoms with Gasteiger partial charge in [-0.05, 0) is 25.2 Å². The monoisotopic (exact) mass is 238 g/mol. The smallest absolute Gasteiger partial charge is 0.163 e. The highest BCUT2D eigenvalue weighted by Crippen LogP contribution is 2.19. The fraction of sp³-hybridized carbons (Fsp3) is 0.273. The molecule has 0 bridgehead atoms. The molecule has 17 heavy (non-hydrogen) atoms. The Balaban J connectivity index is 2.42. The van der Waals surface area contributed by atoms with Gasteiger partial charge >= 0.3 is 0 Å². The van der Waals surface area contributed by atoms with Crippen molar-refractivity contribution in [1.82, 2.24) is 20.1 Å². The number of aromatic nitrogens is 3. The van der Waals surface area contributed by atoms with Crippen molar-refractivity contribution in [1.29, 1.82) is 0 Å². The highest BCUT2D eigenvalue weighted by molar-refractivity contribution is 5.55. The van der Waals surface area contributed by atoms with Crippen molar-refractivity contribution in [2.24, 2.45) is 7.05 Å². The van der Waals surface area contributed by atoms with Crippen LogP contribution < -0.4 is 5.32 Å². The number of nitrogens with one attached hydrogen (secondary N) is 1. The molecule has 0 saturated carbocycles. The molecule has 0 aliphatic rings. The number of hydrogen-bond donors (Lipinski definition) is 1. The van der Waals surface area contributed by atoms with E-state index in [2.05, 4.69) is 15.5 Å². The fourth-order valence-corrected chi connectivity index (χ4v) is 1.56. The summed E-state index contributed by atoms with van der Waals surface area (Å²) >= 11 is 0. The summed E-state index contributed by atoms with van der Waals surface area (Å²) in [6.07, 6.45) is 0. The minimum absolute atomic E-state index is 0.501. The zero-order valence-electron chi connectivity index (χ0n) is 9.54. The van der Waals surface area contributed by atoms with Crippen LogP contribution in [0.1, 0.15) is 5.82 Å². The zero-order valence-corrected chi connectivity index (χ0v) is 9.54. The molecule has 0 radical (unpaired) electrons. The number of benzene rings is 1. The summed E-state index contributed by atoms with van der Waals surface area (Å²) in [7, 11) is 3.58. The molecule has 4 nitrogen and oxygen atoms in total. The average Bonchev–Trinajstić information content (AvgIpc) is 2.66. The molecule has 0 unspecified atom stereocenters. The van der Waals surface area contributed by atoms with Crippen molar-refractivity contribution in [3.8, 4) is 11.4 Å². The standard InChI is InChI=1S/C11H12F2N4/c1-14-6-10-15-16-11(17(10)2)7-3-4-8(12)9(13)5-7/h3-5,14H,6H2,1-2H3. The molecule has 1 N–H and O–H groups in total. The minimum atomic E-state index is -0.888. The molecule has 0 amide bonds. The normalized spacial score (nSPS) is 10.8. The summed E-state index contributed by atoms with van der Waals surface area (Å²) < 4.78 is 27.7. The van der Waals surface area contributed by atoms with Crippen LogP contribution in [-0.4, -0.2) is 21.8 Å². The van der Waals surface area contributed by atoms with Crippen molar-refractivity contribution in [3.05, 3.63) is 35.7 Å². The lowest BCUT2D eigenvalue weighted by molar-refractivity contribution is 0.509. The Morgan fingerprint density at radius 1 is 1.24 bits per heavy atom. The van der Waals surface area contributed by atoms with Crippen LogP contribution in [0.5, 0.6) is 0 Å². The van der Waals surface area contributed by atoms with Crippen molar-refractivity contribution in [2.75, 3.05) is 7.05 Å². The van der Waals surface area contributed by atoms with Gasteiger partial charge in [0.2, 0.25) is 0 Å². The lowest BCUT2D eigenvalue weighted by Crippen LogP contribution is -2.10. The first-order valence-corrected chi connectivity index (χ1v) is 5.11. The van der Waals surface area contributed by atoms with Crippen LogP contribution in [0.15, 0.2) is 18.2 Å². The Labute approximate surface area is 97.3 Å². The van der Waals surface area contributed by atoms with Gasteiger partial charge in [-0.15, -0.1) is 10.2 Å². The van der Waals surface area contributed by atoms with Gasteiger partial charge < -0.3 is 9.88 Å². The van der Waals surface area contributed by atoms with E-state index in [0.717, 1.165) is 18.0 Å². The lowest BCUT2D eigenvalue weighted by Gasteiger charge is -2.04. The van der Waals surface area contributed by atoms with E-state index in [9.17, 15) is 8.78 Å². The molecule has 0 aliphatic carbocycles. The molecule has 1 heterocycles. The molecule has 2 aromatic rings. The summed E-state index contributed by atoms with van der Waals surface area (Å²) in [5.74, 6) is -0.520. The summed E-state index contributed by atoms with van der Waals surface area (Å²) in [5, 5.41) is 10.9. The second-order valence-corrected chi connectivity index (χ2v) is 3.66. The highest BCUT2D eigenvalue weighted by Gasteiger charge is 2.12. The summed E-state index contributed by atoms with van der Waals surface area (Å²) in [6, 6.07) is 3.67. The Bertz CT molecular complexity index is 536. The Hall–Kier alpha value is -1.82. The fourth-order valence-electron chi connectivity index (χ4n) is 1.56. The zero-order chi connectivity index (χ0) is 12.4. The maximum absolute atomic E-state index is 13.1. The molecular formula is C11H12F2N4. The summed E-state index contributed by atoms with van der Waals surface area (Å²) in [4.78, 5) is 0. The number of nitrogens with zero attached hydrogens (tertiary/aromatic N) is 3. The van der Waals surface area contributed by atoms with E-state index in [0.29, 0.717) is 17.9 Å². The van der Waals surface area contributed by atoms with Crippen LogP contribution in [0.25, 0.3) is 11.4 Å². The molecule has 0 atom stereocenters. The van der Waals surface area contributed by atoms with Crippen LogP contribution in [0.2, 0.25) is 0 Å². The quantitative estimate of drug-likeness (QED) is 0.880. The van der Waals surface area contributed by atoms with E-state index in [1.165, 1.54) is 6.07 Å². The van der Waals surface area contributed by atoms with Gasteiger partial charge in [0.05, 0.1) is 6.54 Å². The second-order valence-electron chi connectivity index (χ2n) is 3.66. The predicted molar refractivity (Wildman–Crippen MR) is 59.1 cm³/mol. The first kappa shape index (κ1) is 11.7. The first-order valence-electron chi connectivity index (χ1n) is 5.11. The van der Waals surface area contributed by atoms with E-state index >= 15 is 0 Å². The van der Waals surface area contributed by atoms with E-state index < -0.39 is 11.6 Å². The number of rotatable bonds is 3. The van der Waals surface area contributed by atoms with Crippen molar-refractivity contribution in [3.63, 3.8) is 0 Å². The van der Waals surface area contributed by atoms with Crippen LogP contribution >= 0.6 is 0 Å². The topological polar surface area (TPSA) is 42.7 Å². The van der Waals surface area contributed by atoms with Gasteiger partial charge in [-0.2, -0.15) is 0 Å². The maximum atomic E-state index is 13.1. The Morgan fingerprint density at radius 2 is 2.00 bits per heavy atom. The van der Waals surface area contributed by atoms with Crippen LogP contribution in [0.4, 0.5) is 8.78 Å². The molecule has 1 aromatic heterocycles. The molecular weight excluding hydrogens is 226 g/mol. The SMILES string of the molecule is CNCc1nnc(-c2ccc(F)c(F)c2)n1C. The van der Waals surface area contributed by atoms with Gasteiger partial charge in [-0.1, -0.05) is 0 Å². The molecule has 0 saturated heterocycles. The molecule has 0 spiro atoms. The minimum Gasteiger partial charge on any atom is -0.313 e. The third kappa shape index (κ3) is 2.16. The lowest BCUT2D eigenvalue weighted by atomic mass is 10.2. The van der Waals surface area contributed by atoms with E-state index in [-0.39, 0.29) is 0 Å². The van der Waals surface area contributed by atoms with Gasteiger partial charge in [0.25, 0.3) is 0 Å². The van der Waals surface area contributed by atoms with Gasteiger partial charge in [0.15, 0.2) is 17.5 Å². The van der Waals surface area contributed by atoms with Gasteiger partial charge in [0.1, 0.15) is 5.82 Å². The summed E-state index contributed by atoms with van der Waals surface area (Å²) in [6.45, 7) is 0.563. The molecule has 0 fully saturated rings. The average molecular weight is 238 g/mol. The van der Waals surface area contributed by atoms with E-state index in [1.807, 2.05) is 0 Å². The summed E-state index contributed by atoms with van der Waals surface area (Å²) in [5.41, 5.74) is 0.501. The highest BCUT2D eigenvalue weighted by atomic mass is 19.2. The Morgan fingerprint density at radius 3 is 2.65 bits per heavy atom. The molecule has 0 aliphatic heterocycles. The van der Waals surface area contributed by atoms with Gasteiger partial charge in [-0.25, -0.2) is 8.78 Å². The maximum Gasteiger partial charge on any atom is 0.163 e. The van der Waals surface area contributed by atoms with Crippen LogP contribution in [0, 0.1) is 11.6 Å². The first-order chi connectivity index (χ1) is 8.13. The van der Waals surface area contributed by atoms with Crippen molar-refractivity contribution < 1.29 is 8.78 Å². The van der Waals surface area contributed by atoms with E-state index in [4.69, 9.17) is 0 Å². The number of hydrogen-bond acceptors (Lipinski definition) is 3. The van der Waals surface area contributed by atoms with Crippen molar-refractivity contribution >= 4 is 0 Å². The third-order valence-electron chi connectivity index (χ3n) is 2.48. The molecule has 90 valence electrons. The van der Waals surface area contributed by atoms with Gasteiger partial charge in [0, 0.05) is 12.6 Å². The molecule has 6 heteroatoms. The largest absolute Gasteiger partial charge is 0.313 e. The van der Waals surface area contributed by atoms with Gasteiger partial charge in [-0.3, -0.25) is 0 Å². The van der Waals surface area contributed by atoms with E-state index in [1.54, 1.807) is 18.7 Å². The second kappa shape index (κ2) is 4.58.